The lowest BCUT2D eigenvalue weighted by Crippen LogP contribution is -2.12. The minimum absolute atomic E-state index is 0.114. The lowest BCUT2D eigenvalue weighted by atomic mass is 10.2. The maximum Gasteiger partial charge on any atom is 0.270 e. The van der Waals surface area contributed by atoms with E-state index in [1.165, 1.54) is 12.5 Å². The fourth-order valence-electron chi connectivity index (χ4n) is 2.23. The van der Waals surface area contributed by atoms with Gasteiger partial charge in [0.1, 0.15) is 0 Å². The van der Waals surface area contributed by atoms with Crippen molar-refractivity contribution in [3.8, 4) is 0 Å². The van der Waals surface area contributed by atoms with Gasteiger partial charge in [0, 0.05) is 24.1 Å². The highest BCUT2D eigenvalue weighted by Crippen LogP contribution is 2.20. The first kappa shape index (κ1) is 14.5. The van der Waals surface area contributed by atoms with Crippen LogP contribution in [0.3, 0.4) is 0 Å². The predicted molar refractivity (Wildman–Crippen MR) is 78.8 cm³/mol. The van der Waals surface area contributed by atoms with E-state index in [-0.39, 0.29) is 10.6 Å². The lowest BCUT2D eigenvalue weighted by molar-refractivity contribution is -0.384. The topological polar surface area (TPSA) is 64.2 Å². The van der Waals surface area contributed by atoms with Gasteiger partial charge in [0.2, 0.25) is 0 Å². The Bertz CT molecular complexity index is 592. The maximum absolute atomic E-state index is 10.7. The van der Waals surface area contributed by atoms with E-state index < -0.39 is 0 Å². The van der Waals surface area contributed by atoms with Gasteiger partial charge in [-0.3, -0.25) is 14.8 Å². The molecule has 0 saturated carbocycles. The Balaban J connectivity index is 1.96. The summed E-state index contributed by atoms with van der Waals surface area (Å²) in [5.74, 6) is 0. The molecule has 6 heteroatoms. The van der Waals surface area contributed by atoms with Gasteiger partial charge in [-0.2, -0.15) is 5.10 Å². The molecule has 0 unspecified atom stereocenters. The summed E-state index contributed by atoms with van der Waals surface area (Å²) in [6, 6.07) is 4.89. The van der Waals surface area contributed by atoms with Crippen molar-refractivity contribution in [3.63, 3.8) is 0 Å². The molecule has 2 rings (SSSR count). The highest BCUT2D eigenvalue weighted by molar-refractivity contribution is 5.81. The Kier molecular flexibility index (Phi) is 4.68. The van der Waals surface area contributed by atoms with E-state index >= 15 is 0 Å². The number of aromatic nitrogens is 2. The molecule has 0 fully saturated rings. The Morgan fingerprint density at radius 2 is 2.10 bits per heavy atom. The molecule has 0 bridgehead atoms. The van der Waals surface area contributed by atoms with E-state index in [1.807, 2.05) is 4.68 Å². The first-order valence-electron chi connectivity index (χ1n) is 6.82. The standard InChI is InChI=1S/C14H20N4O2/c1-16(2)8-4-3-5-9-17-14-7-6-13(18(19)20)10-12(14)11-15-17/h6-7,10-11H,3-5,8-9H2,1-2H3. The maximum atomic E-state index is 10.7. The summed E-state index contributed by atoms with van der Waals surface area (Å²) in [7, 11) is 4.15. The molecule has 0 saturated heterocycles. The third-order valence-corrected chi connectivity index (χ3v) is 3.31. The summed E-state index contributed by atoms with van der Waals surface area (Å²) in [5, 5.41) is 15.9. The number of benzene rings is 1. The normalized spacial score (nSPS) is 11.3. The van der Waals surface area contributed by atoms with Gasteiger partial charge in [0.15, 0.2) is 0 Å². The fraction of sp³-hybridized carbons (Fsp3) is 0.500. The zero-order valence-electron chi connectivity index (χ0n) is 12.0. The first-order chi connectivity index (χ1) is 9.58. The van der Waals surface area contributed by atoms with Crippen molar-refractivity contribution < 1.29 is 4.92 Å². The smallest absolute Gasteiger partial charge is 0.270 e. The second-order valence-corrected chi connectivity index (χ2v) is 5.23. The van der Waals surface area contributed by atoms with Crippen LogP contribution >= 0.6 is 0 Å². The van der Waals surface area contributed by atoms with E-state index in [4.69, 9.17) is 0 Å². The zero-order valence-corrected chi connectivity index (χ0v) is 12.0. The highest BCUT2D eigenvalue weighted by Gasteiger charge is 2.09. The molecule has 6 nitrogen and oxygen atoms in total. The van der Waals surface area contributed by atoms with Crippen LogP contribution in [0.1, 0.15) is 19.3 Å². The van der Waals surface area contributed by atoms with Gasteiger partial charge in [0.25, 0.3) is 5.69 Å². The summed E-state index contributed by atoms with van der Waals surface area (Å²) in [5.41, 5.74) is 1.08. The summed E-state index contributed by atoms with van der Waals surface area (Å²) in [6.45, 7) is 1.96. The lowest BCUT2D eigenvalue weighted by Gasteiger charge is -2.09. The number of hydrogen-bond donors (Lipinski definition) is 0. The van der Waals surface area contributed by atoms with Crippen LogP contribution in [0, 0.1) is 10.1 Å². The van der Waals surface area contributed by atoms with Gasteiger partial charge in [0.05, 0.1) is 16.6 Å². The highest BCUT2D eigenvalue weighted by atomic mass is 16.6. The van der Waals surface area contributed by atoms with Crippen molar-refractivity contribution in [2.75, 3.05) is 20.6 Å². The number of nitrogens with zero attached hydrogens (tertiary/aromatic N) is 4. The van der Waals surface area contributed by atoms with Crippen molar-refractivity contribution in [2.24, 2.45) is 0 Å². The van der Waals surface area contributed by atoms with E-state index in [0.717, 1.165) is 36.8 Å². The van der Waals surface area contributed by atoms with Gasteiger partial charge in [-0.1, -0.05) is 6.42 Å². The number of hydrogen-bond acceptors (Lipinski definition) is 4. The Morgan fingerprint density at radius 1 is 1.30 bits per heavy atom. The molecule has 2 aromatic rings. The minimum atomic E-state index is -0.377. The number of unbranched alkanes of at least 4 members (excludes halogenated alkanes) is 2. The fourth-order valence-corrected chi connectivity index (χ4v) is 2.23. The molecule has 1 heterocycles. The van der Waals surface area contributed by atoms with Gasteiger partial charge in [-0.15, -0.1) is 0 Å². The summed E-state index contributed by atoms with van der Waals surface area (Å²) >= 11 is 0. The molecule has 0 atom stereocenters. The molecule has 20 heavy (non-hydrogen) atoms. The van der Waals surface area contributed by atoms with Crippen molar-refractivity contribution in [1.29, 1.82) is 0 Å². The van der Waals surface area contributed by atoms with Crippen molar-refractivity contribution in [2.45, 2.75) is 25.8 Å². The molecule has 0 N–H and O–H groups in total. The number of nitro groups is 1. The van der Waals surface area contributed by atoms with E-state index in [1.54, 1.807) is 18.3 Å². The summed E-state index contributed by atoms with van der Waals surface area (Å²) < 4.78 is 1.93. The third-order valence-electron chi connectivity index (χ3n) is 3.31. The van der Waals surface area contributed by atoms with Crippen LogP contribution in [-0.4, -0.2) is 40.2 Å². The number of nitro benzene ring substituents is 1. The largest absolute Gasteiger partial charge is 0.309 e. The van der Waals surface area contributed by atoms with Crippen LogP contribution in [-0.2, 0) is 6.54 Å². The Hall–Kier alpha value is -1.95. The molecule has 0 spiro atoms. The van der Waals surface area contributed by atoms with Crippen LogP contribution in [0.25, 0.3) is 10.9 Å². The average molecular weight is 276 g/mol. The SMILES string of the molecule is CN(C)CCCCCn1ncc2cc([N+](=O)[O-])ccc21. The van der Waals surface area contributed by atoms with Crippen molar-refractivity contribution >= 4 is 16.6 Å². The number of aryl methyl sites for hydroxylation is 1. The minimum Gasteiger partial charge on any atom is -0.309 e. The van der Waals surface area contributed by atoms with Crippen LogP contribution < -0.4 is 0 Å². The average Bonchev–Trinajstić information content (AvgIpc) is 2.80. The molecule has 108 valence electrons. The van der Waals surface area contributed by atoms with Gasteiger partial charge in [-0.05, 0) is 39.5 Å². The molecule has 0 amide bonds. The molecule has 1 aromatic heterocycles. The van der Waals surface area contributed by atoms with Crippen LogP contribution in [0.4, 0.5) is 5.69 Å². The van der Waals surface area contributed by atoms with E-state index in [9.17, 15) is 10.1 Å². The Morgan fingerprint density at radius 3 is 2.80 bits per heavy atom. The molecule has 0 radical (unpaired) electrons. The third kappa shape index (κ3) is 3.54. The number of non-ortho nitro benzene ring substituents is 1. The molecular formula is C14H20N4O2. The van der Waals surface area contributed by atoms with Gasteiger partial charge in [-0.25, -0.2) is 0 Å². The molecule has 1 aromatic carbocycles. The zero-order chi connectivity index (χ0) is 14.5. The molecule has 0 aliphatic heterocycles. The number of rotatable bonds is 7. The second kappa shape index (κ2) is 6.47. The quantitative estimate of drug-likeness (QED) is 0.443. The van der Waals surface area contributed by atoms with Crippen molar-refractivity contribution in [1.82, 2.24) is 14.7 Å². The molecule has 0 aliphatic rings. The van der Waals surface area contributed by atoms with Gasteiger partial charge >= 0.3 is 0 Å². The second-order valence-electron chi connectivity index (χ2n) is 5.23. The van der Waals surface area contributed by atoms with Crippen LogP contribution in [0.2, 0.25) is 0 Å². The van der Waals surface area contributed by atoms with Crippen LogP contribution in [0.5, 0.6) is 0 Å². The Labute approximate surface area is 118 Å². The molecule has 0 aliphatic carbocycles. The predicted octanol–water partition coefficient (Wildman–Crippen LogP) is 2.68. The van der Waals surface area contributed by atoms with E-state index in [2.05, 4.69) is 24.1 Å². The number of fused-ring (bicyclic) bond motifs is 1. The summed E-state index contributed by atoms with van der Waals surface area (Å²) in [6.07, 6.45) is 5.11. The summed E-state index contributed by atoms with van der Waals surface area (Å²) in [4.78, 5) is 12.5. The monoisotopic (exact) mass is 276 g/mol. The first-order valence-corrected chi connectivity index (χ1v) is 6.82. The molecular weight excluding hydrogens is 256 g/mol. The van der Waals surface area contributed by atoms with Crippen LogP contribution in [0.15, 0.2) is 24.4 Å². The van der Waals surface area contributed by atoms with Gasteiger partial charge < -0.3 is 4.90 Å². The van der Waals surface area contributed by atoms with Crippen molar-refractivity contribution in [3.05, 3.63) is 34.5 Å². The van der Waals surface area contributed by atoms with E-state index in [0.29, 0.717) is 0 Å².